The van der Waals surface area contributed by atoms with Crippen LogP contribution >= 0.6 is 0 Å². The van der Waals surface area contributed by atoms with Crippen LogP contribution in [0.25, 0.3) is 39.1 Å². The normalized spacial score (nSPS) is 11.4. The van der Waals surface area contributed by atoms with Crippen molar-refractivity contribution < 1.29 is 4.79 Å². The SMILES string of the molecule is CCn1ncc2cc(-c3cc(=O)n4[nH]c(CC(C)=O)c(-c5ccccn5)c4n3)ccc21. The molecule has 0 fully saturated rings. The van der Waals surface area contributed by atoms with Crippen molar-refractivity contribution in [3.8, 4) is 22.5 Å². The summed E-state index contributed by atoms with van der Waals surface area (Å²) in [4.78, 5) is 34.0. The highest BCUT2D eigenvalue weighted by atomic mass is 16.1. The summed E-state index contributed by atoms with van der Waals surface area (Å²) < 4.78 is 3.30. The van der Waals surface area contributed by atoms with Crippen LogP contribution in [-0.2, 0) is 17.8 Å². The highest BCUT2D eigenvalue weighted by Gasteiger charge is 2.19. The molecule has 0 saturated heterocycles. The van der Waals surface area contributed by atoms with Gasteiger partial charge in [-0.15, -0.1) is 0 Å². The van der Waals surface area contributed by atoms with Crippen LogP contribution in [0.1, 0.15) is 19.5 Å². The maximum absolute atomic E-state index is 12.9. The monoisotopic (exact) mass is 412 g/mol. The van der Waals surface area contributed by atoms with Gasteiger partial charge in [-0.05, 0) is 38.1 Å². The summed E-state index contributed by atoms with van der Waals surface area (Å²) in [5.41, 5.74) is 4.54. The third-order valence-electron chi connectivity index (χ3n) is 5.27. The number of hydrogen-bond acceptors (Lipinski definition) is 5. The average molecular weight is 412 g/mol. The first-order valence-corrected chi connectivity index (χ1v) is 10.1. The Morgan fingerprint density at radius 1 is 1.13 bits per heavy atom. The molecule has 0 unspecified atom stereocenters. The van der Waals surface area contributed by atoms with E-state index in [0.29, 0.717) is 28.3 Å². The summed E-state index contributed by atoms with van der Waals surface area (Å²) in [5, 5.41) is 8.42. The van der Waals surface area contributed by atoms with Crippen molar-refractivity contribution in [3.63, 3.8) is 0 Å². The molecule has 0 amide bonds. The van der Waals surface area contributed by atoms with Gasteiger partial charge in [0.15, 0.2) is 5.65 Å². The zero-order valence-corrected chi connectivity index (χ0v) is 17.2. The Balaban J connectivity index is 1.75. The van der Waals surface area contributed by atoms with Gasteiger partial charge < -0.3 is 0 Å². The van der Waals surface area contributed by atoms with E-state index in [4.69, 9.17) is 4.98 Å². The lowest BCUT2D eigenvalue weighted by molar-refractivity contribution is -0.116. The Kier molecular flexibility index (Phi) is 4.47. The molecule has 5 rings (SSSR count). The number of aromatic amines is 1. The molecule has 0 aliphatic heterocycles. The van der Waals surface area contributed by atoms with Gasteiger partial charge in [-0.2, -0.15) is 5.10 Å². The molecular weight excluding hydrogens is 392 g/mol. The number of nitrogens with one attached hydrogen (secondary N) is 1. The molecule has 1 aromatic carbocycles. The van der Waals surface area contributed by atoms with Gasteiger partial charge in [0.05, 0.1) is 34.4 Å². The van der Waals surface area contributed by atoms with Gasteiger partial charge >= 0.3 is 0 Å². The molecule has 8 heteroatoms. The van der Waals surface area contributed by atoms with Crippen molar-refractivity contribution in [2.24, 2.45) is 0 Å². The Morgan fingerprint density at radius 3 is 2.74 bits per heavy atom. The Hall–Kier alpha value is -4.07. The highest BCUT2D eigenvalue weighted by Crippen LogP contribution is 2.28. The number of ketones is 1. The predicted molar refractivity (Wildman–Crippen MR) is 118 cm³/mol. The lowest BCUT2D eigenvalue weighted by Crippen LogP contribution is -2.14. The topological polar surface area (TPSA) is 97.9 Å². The standard InChI is InChI=1S/C23H20N6O2/c1-3-28-20-8-7-15(11-16(20)13-25-28)18-12-21(31)29-23(26-18)22(17-6-4-5-9-24-17)19(27-29)10-14(2)30/h4-9,11-13,27H,3,10H2,1-2H3. The van der Waals surface area contributed by atoms with E-state index in [-0.39, 0.29) is 17.8 Å². The molecule has 1 N–H and O–H groups in total. The van der Waals surface area contributed by atoms with Crippen LogP contribution in [0.15, 0.2) is 59.7 Å². The number of carbonyl (C=O) groups excluding carboxylic acids is 1. The van der Waals surface area contributed by atoms with Crippen molar-refractivity contribution in [1.82, 2.24) is 29.4 Å². The molecule has 0 bridgehead atoms. The van der Waals surface area contributed by atoms with Crippen LogP contribution in [0.4, 0.5) is 0 Å². The molecule has 4 aromatic heterocycles. The number of aryl methyl sites for hydroxylation is 1. The molecule has 0 aliphatic carbocycles. The van der Waals surface area contributed by atoms with Crippen molar-refractivity contribution in [2.45, 2.75) is 26.8 Å². The number of rotatable bonds is 5. The van der Waals surface area contributed by atoms with Gasteiger partial charge in [0.1, 0.15) is 5.78 Å². The lowest BCUT2D eigenvalue weighted by Gasteiger charge is -2.05. The van der Waals surface area contributed by atoms with Crippen molar-refractivity contribution in [2.75, 3.05) is 0 Å². The van der Waals surface area contributed by atoms with E-state index in [2.05, 4.69) is 15.2 Å². The lowest BCUT2D eigenvalue weighted by atomic mass is 10.1. The van der Waals surface area contributed by atoms with Crippen LogP contribution in [-0.4, -0.2) is 35.1 Å². The predicted octanol–water partition coefficient (Wildman–Crippen LogP) is 3.25. The van der Waals surface area contributed by atoms with Gasteiger partial charge in [0, 0.05) is 36.2 Å². The summed E-state index contributed by atoms with van der Waals surface area (Å²) in [6.45, 7) is 4.34. The van der Waals surface area contributed by atoms with E-state index in [0.717, 1.165) is 23.0 Å². The van der Waals surface area contributed by atoms with E-state index >= 15 is 0 Å². The number of carbonyl (C=O) groups is 1. The number of H-pyrrole nitrogens is 1. The zero-order valence-electron chi connectivity index (χ0n) is 17.2. The number of pyridine rings is 1. The van der Waals surface area contributed by atoms with Crippen molar-refractivity contribution >= 4 is 22.3 Å². The third kappa shape index (κ3) is 3.22. The molecule has 31 heavy (non-hydrogen) atoms. The van der Waals surface area contributed by atoms with Gasteiger partial charge in [-0.1, -0.05) is 12.1 Å². The number of hydrogen-bond donors (Lipinski definition) is 1. The molecule has 0 atom stereocenters. The van der Waals surface area contributed by atoms with Crippen molar-refractivity contribution in [1.29, 1.82) is 0 Å². The van der Waals surface area contributed by atoms with Crippen LogP contribution < -0.4 is 5.56 Å². The molecule has 154 valence electrons. The van der Waals surface area contributed by atoms with Gasteiger partial charge in [0.2, 0.25) is 0 Å². The fourth-order valence-electron chi connectivity index (χ4n) is 3.89. The van der Waals surface area contributed by atoms with Crippen LogP contribution in [0.3, 0.4) is 0 Å². The first-order valence-electron chi connectivity index (χ1n) is 10.1. The van der Waals surface area contributed by atoms with Gasteiger partial charge in [-0.25, -0.2) is 9.50 Å². The fraction of sp³-hybridized carbons (Fsp3) is 0.174. The summed E-state index contributed by atoms with van der Waals surface area (Å²) in [6, 6.07) is 12.9. The smallest absolute Gasteiger partial charge is 0.273 e. The Morgan fingerprint density at radius 2 is 2.00 bits per heavy atom. The maximum Gasteiger partial charge on any atom is 0.273 e. The summed E-state index contributed by atoms with van der Waals surface area (Å²) in [6.07, 6.45) is 3.65. The quantitative estimate of drug-likeness (QED) is 0.478. The number of benzene rings is 1. The first-order chi connectivity index (χ1) is 15.0. The summed E-state index contributed by atoms with van der Waals surface area (Å²) in [5.74, 6) is -0.0182. The molecule has 4 heterocycles. The van der Waals surface area contributed by atoms with Crippen LogP contribution in [0, 0.1) is 0 Å². The maximum atomic E-state index is 12.9. The first kappa shape index (κ1) is 18.9. The molecule has 0 radical (unpaired) electrons. The third-order valence-corrected chi connectivity index (χ3v) is 5.27. The highest BCUT2D eigenvalue weighted by molar-refractivity contribution is 5.87. The van der Waals surface area contributed by atoms with Gasteiger partial charge in [-0.3, -0.25) is 24.4 Å². The number of nitrogens with zero attached hydrogens (tertiary/aromatic N) is 5. The number of fused-ring (bicyclic) bond motifs is 2. The van der Waals surface area contributed by atoms with Gasteiger partial charge in [0.25, 0.3) is 5.56 Å². The molecule has 0 saturated carbocycles. The zero-order chi connectivity index (χ0) is 21.5. The van der Waals surface area contributed by atoms with E-state index in [1.54, 1.807) is 6.20 Å². The van der Waals surface area contributed by atoms with Crippen LogP contribution in [0.2, 0.25) is 0 Å². The van der Waals surface area contributed by atoms with E-state index < -0.39 is 0 Å². The molecule has 0 spiro atoms. The molecule has 5 aromatic rings. The second kappa shape index (κ2) is 7.32. The summed E-state index contributed by atoms with van der Waals surface area (Å²) in [7, 11) is 0. The number of Topliss-reactive ketones (excluding diaryl/α,β-unsaturated/α-hetero) is 1. The second-order valence-corrected chi connectivity index (χ2v) is 7.43. The van der Waals surface area contributed by atoms with Crippen LogP contribution in [0.5, 0.6) is 0 Å². The van der Waals surface area contributed by atoms with E-state index in [9.17, 15) is 9.59 Å². The molecule has 8 nitrogen and oxygen atoms in total. The largest absolute Gasteiger partial charge is 0.300 e. The summed E-state index contributed by atoms with van der Waals surface area (Å²) >= 11 is 0. The Labute approximate surface area is 177 Å². The molecule has 0 aliphatic rings. The minimum absolute atomic E-state index is 0.0182. The Bertz CT molecular complexity index is 1490. The minimum Gasteiger partial charge on any atom is -0.300 e. The van der Waals surface area contributed by atoms with E-state index in [1.165, 1.54) is 17.5 Å². The van der Waals surface area contributed by atoms with Crippen molar-refractivity contribution in [3.05, 3.63) is 70.9 Å². The number of aromatic nitrogens is 6. The van der Waals surface area contributed by atoms with E-state index in [1.807, 2.05) is 54.2 Å². The average Bonchev–Trinajstić information content (AvgIpc) is 3.34. The fourth-order valence-corrected chi connectivity index (χ4v) is 3.89. The minimum atomic E-state index is -0.253. The second-order valence-electron chi connectivity index (χ2n) is 7.43. The molecular formula is C23H20N6O2.